The highest BCUT2D eigenvalue weighted by atomic mass is 35.5. The van der Waals surface area contributed by atoms with Crippen molar-refractivity contribution < 1.29 is 9.84 Å². The number of hydrogen-bond acceptors (Lipinski definition) is 3. The first-order valence-electron chi connectivity index (χ1n) is 6.54. The average Bonchev–Trinajstić information content (AvgIpc) is 2.89. The molecule has 0 radical (unpaired) electrons. The van der Waals surface area contributed by atoms with Crippen LogP contribution in [0.15, 0.2) is 18.2 Å². The van der Waals surface area contributed by atoms with Gasteiger partial charge in [0.05, 0.1) is 13.2 Å². The van der Waals surface area contributed by atoms with Gasteiger partial charge in [-0.15, -0.1) is 0 Å². The molecule has 1 N–H and O–H groups in total. The highest BCUT2D eigenvalue weighted by Gasteiger charge is 2.10. The van der Waals surface area contributed by atoms with E-state index in [0.29, 0.717) is 11.6 Å². The normalized spacial score (nSPS) is 16.1. The molecule has 100 valence electrons. The summed E-state index contributed by atoms with van der Waals surface area (Å²) in [6.45, 7) is 4.20. The quantitative estimate of drug-likeness (QED) is 0.806. The molecule has 1 heterocycles. The molecule has 0 bridgehead atoms. The van der Waals surface area contributed by atoms with Crippen molar-refractivity contribution in [1.82, 2.24) is 4.90 Å². The summed E-state index contributed by atoms with van der Waals surface area (Å²) >= 11 is 5.87. The Balaban J connectivity index is 1.75. The number of nitrogens with zero attached hydrogens (tertiary/aromatic N) is 1. The molecular weight excluding hydrogens is 250 g/mol. The van der Waals surface area contributed by atoms with E-state index in [4.69, 9.17) is 16.3 Å². The van der Waals surface area contributed by atoms with Crippen LogP contribution >= 0.6 is 11.6 Å². The monoisotopic (exact) mass is 269 g/mol. The summed E-state index contributed by atoms with van der Waals surface area (Å²) in [5.74, 6) is 0.739. The van der Waals surface area contributed by atoms with Crippen LogP contribution in [0.5, 0.6) is 5.75 Å². The molecule has 4 heteroatoms. The Labute approximate surface area is 113 Å². The van der Waals surface area contributed by atoms with E-state index in [1.807, 2.05) is 6.07 Å². The largest absolute Gasteiger partial charge is 0.493 e. The van der Waals surface area contributed by atoms with E-state index >= 15 is 0 Å². The Morgan fingerprint density at radius 2 is 2.06 bits per heavy atom. The summed E-state index contributed by atoms with van der Waals surface area (Å²) in [4.78, 5) is 2.47. The number of hydrogen-bond donors (Lipinski definition) is 1. The number of benzene rings is 1. The Morgan fingerprint density at radius 3 is 2.78 bits per heavy atom. The maximum atomic E-state index is 9.23. The van der Waals surface area contributed by atoms with Crippen molar-refractivity contribution in [3.05, 3.63) is 28.8 Å². The Bertz CT molecular complexity index is 378. The molecule has 18 heavy (non-hydrogen) atoms. The molecule has 0 aromatic heterocycles. The van der Waals surface area contributed by atoms with Crippen molar-refractivity contribution in [3.63, 3.8) is 0 Å². The summed E-state index contributed by atoms with van der Waals surface area (Å²) in [6.07, 6.45) is 3.67. The third-order valence-corrected chi connectivity index (χ3v) is 3.50. The van der Waals surface area contributed by atoms with Crippen LogP contribution in [-0.4, -0.2) is 36.2 Å². The summed E-state index contributed by atoms with van der Waals surface area (Å²) in [6, 6.07) is 5.36. The fourth-order valence-electron chi connectivity index (χ4n) is 2.29. The first kappa shape index (κ1) is 13.7. The van der Waals surface area contributed by atoms with Gasteiger partial charge in [-0.3, -0.25) is 0 Å². The predicted molar refractivity (Wildman–Crippen MR) is 73.2 cm³/mol. The van der Waals surface area contributed by atoms with Gasteiger partial charge in [-0.25, -0.2) is 0 Å². The molecule has 1 fully saturated rings. The van der Waals surface area contributed by atoms with Crippen LogP contribution in [0.4, 0.5) is 0 Å². The van der Waals surface area contributed by atoms with Crippen molar-refractivity contribution >= 4 is 11.6 Å². The van der Waals surface area contributed by atoms with E-state index in [1.54, 1.807) is 12.1 Å². The zero-order valence-electron chi connectivity index (χ0n) is 10.6. The molecule has 2 rings (SSSR count). The van der Waals surface area contributed by atoms with Gasteiger partial charge in [-0.2, -0.15) is 0 Å². The summed E-state index contributed by atoms with van der Waals surface area (Å²) < 4.78 is 5.70. The predicted octanol–water partition coefficient (Wildman–Crippen LogP) is 2.70. The van der Waals surface area contributed by atoms with Crippen molar-refractivity contribution in [1.29, 1.82) is 0 Å². The number of aliphatic hydroxyl groups is 1. The van der Waals surface area contributed by atoms with E-state index in [-0.39, 0.29) is 6.61 Å². The van der Waals surface area contributed by atoms with E-state index in [9.17, 15) is 5.11 Å². The van der Waals surface area contributed by atoms with Gasteiger partial charge in [0.15, 0.2) is 0 Å². The Kier molecular flexibility index (Phi) is 5.29. The van der Waals surface area contributed by atoms with Gasteiger partial charge >= 0.3 is 0 Å². The van der Waals surface area contributed by atoms with Crippen LogP contribution in [-0.2, 0) is 6.61 Å². The zero-order valence-corrected chi connectivity index (χ0v) is 11.3. The van der Waals surface area contributed by atoms with Gasteiger partial charge in [0, 0.05) is 17.1 Å². The standard InChI is InChI=1S/C14H20ClNO2/c15-13-4-5-14(12(10-13)11-17)18-9-3-8-16-6-1-2-7-16/h4-5,10,17H,1-3,6-9,11H2. The fraction of sp³-hybridized carbons (Fsp3) is 0.571. The van der Waals surface area contributed by atoms with Crippen LogP contribution < -0.4 is 4.74 Å². The lowest BCUT2D eigenvalue weighted by molar-refractivity contribution is 0.246. The Hall–Kier alpha value is -0.770. The smallest absolute Gasteiger partial charge is 0.124 e. The minimum absolute atomic E-state index is 0.0397. The number of ether oxygens (including phenoxy) is 1. The molecule has 1 saturated heterocycles. The first-order chi connectivity index (χ1) is 8.79. The van der Waals surface area contributed by atoms with Gasteiger partial charge in [0.1, 0.15) is 5.75 Å². The van der Waals surface area contributed by atoms with E-state index in [0.717, 1.165) is 24.3 Å². The summed E-state index contributed by atoms with van der Waals surface area (Å²) in [7, 11) is 0. The molecule has 1 aliphatic rings. The van der Waals surface area contributed by atoms with Crippen molar-refractivity contribution in [3.8, 4) is 5.75 Å². The highest BCUT2D eigenvalue weighted by Crippen LogP contribution is 2.23. The zero-order chi connectivity index (χ0) is 12.8. The van der Waals surface area contributed by atoms with E-state index in [1.165, 1.54) is 25.9 Å². The molecule has 0 unspecified atom stereocenters. The van der Waals surface area contributed by atoms with Crippen LogP contribution in [0.3, 0.4) is 0 Å². The molecule has 3 nitrogen and oxygen atoms in total. The van der Waals surface area contributed by atoms with Crippen LogP contribution in [0.1, 0.15) is 24.8 Å². The lowest BCUT2D eigenvalue weighted by atomic mass is 10.2. The Morgan fingerprint density at radius 1 is 1.28 bits per heavy atom. The van der Waals surface area contributed by atoms with Crippen LogP contribution in [0.25, 0.3) is 0 Å². The maximum absolute atomic E-state index is 9.23. The molecule has 0 aliphatic carbocycles. The van der Waals surface area contributed by atoms with Gasteiger partial charge < -0.3 is 14.7 Å². The minimum atomic E-state index is -0.0397. The molecule has 1 aliphatic heterocycles. The summed E-state index contributed by atoms with van der Waals surface area (Å²) in [5, 5.41) is 9.85. The molecule has 0 saturated carbocycles. The lowest BCUT2D eigenvalue weighted by Crippen LogP contribution is -2.22. The van der Waals surface area contributed by atoms with Crippen LogP contribution in [0.2, 0.25) is 5.02 Å². The van der Waals surface area contributed by atoms with E-state index in [2.05, 4.69) is 4.90 Å². The molecule has 0 amide bonds. The topological polar surface area (TPSA) is 32.7 Å². The fourth-order valence-corrected chi connectivity index (χ4v) is 2.48. The molecule has 0 spiro atoms. The maximum Gasteiger partial charge on any atom is 0.124 e. The van der Waals surface area contributed by atoms with Gasteiger partial charge in [-0.1, -0.05) is 11.6 Å². The molecular formula is C14H20ClNO2. The van der Waals surface area contributed by atoms with E-state index < -0.39 is 0 Å². The second-order valence-electron chi connectivity index (χ2n) is 4.66. The SMILES string of the molecule is OCc1cc(Cl)ccc1OCCCN1CCCC1. The second kappa shape index (κ2) is 6.98. The van der Waals surface area contributed by atoms with Crippen molar-refractivity contribution in [2.45, 2.75) is 25.9 Å². The van der Waals surface area contributed by atoms with Gasteiger partial charge in [-0.05, 0) is 50.6 Å². The second-order valence-corrected chi connectivity index (χ2v) is 5.10. The minimum Gasteiger partial charge on any atom is -0.493 e. The number of rotatable bonds is 6. The molecule has 1 aromatic rings. The number of aliphatic hydroxyl groups excluding tert-OH is 1. The third kappa shape index (κ3) is 3.87. The lowest BCUT2D eigenvalue weighted by Gasteiger charge is -2.15. The summed E-state index contributed by atoms with van der Waals surface area (Å²) in [5.41, 5.74) is 0.753. The van der Waals surface area contributed by atoms with Crippen LogP contribution in [0, 0.1) is 0 Å². The molecule has 0 atom stereocenters. The van der Waals surface area contributed by atoms with Crippen molar-refractivity contribution in [2.24, 2.45) is 0 Å². The number of halogens is 1. The molecule has 1 aromatic carbocycles. The number of likely N-dealkylation sites (tertiary alicyclic amines) is 1. The van der Waals surface area contributed by atoms with Crippen molar-refractivity contribution in [2.75, 3.05) is 26.2 Å². The average molecular weight is 270 g/mol. The van der Waals surface area contributed by atoms with Gasteiger partial charge in [0.2, 0.25) is 0 Å². The van der Waals surface area contributed by atoms with Gasteiger partial charge in [0.25, 0.3) is 0 Å². The highest BCUT2D eigenvalue weighted by molar-refractivity contribution is 6.30. The third-order valence-electron chi connectivity index (χ3n) is 3.27. The first-order valence-corrected chi connectivity index (χ1v) is 6.92.